The van der Waals surface area contributed by atoms with Crippen LogP contribution < -0.4 is 4.74 Å². The zero-order valence-electron chi connectivity index (χ0n) is 10.3. The smallest absolute Gasteiger partial charge is 0.508 e. The standard InChI is InChI=1S/C12H10F3NO4/c1-2-19-11(18)5-9-7(6-16)3-8(17)4-10(9)20-12(13,14)15/h3-4,17H,2,5H2,1H3. The van der Waals surface area contributed by atoms with Crippen molar-refractivity contribution in [1.82, 2.24) is 0 Å². The highest BCUT2D eigenvalue weighted by Crippen LogP contribution is 2.32. The highest BCUT2D eigenvalue weighted by molar-refractivity contribution is 5.75. The summed E-state index contributed by atoms with van der Waals surface area (Å²) in [6.07, 6.45) is -5.58. The third kappa shape index (κ3) is 4.35. The number of alkyl halides is 3. The van der Waals surface area contributed by atoms with Crippen LogP contribution in [0.3, 0.4) is 0 Å². The third-order valence-corrected chi connectivity index (χ3v) is 2.17. The molecule has 20 heavy (non-hydrogen) atoms. The van der Waals surface area contributed by atoms with Gasteiger partial charge in [-0.1, -0.05) is 0 Å². The Balaban J connectivity index is 3.23. The average molecular weight is 289 g/mol. The number of rotatable bonds is 4. The molecule has 8 heteroatoms. The Morgan fingerprint density at radius 3 is 2.60 bits per heavy atom. The zero-order chi connectivity index (χ0) is 15.3. The van der Waals surface area contributed by atoms with Gasteiger partial charge in [-0.3, -0.25) is 4.79 Å². The van der Waals surface area contributed by atoms with Crippen LogP contribution in [-0.2, 0) is 16.0 Å². The fourth-order valence-electron chi connectivity index (χ4n) is 1.49. The summed E-state index contributed by atoms with van der Waals surface area (Å²) >= 11 is 0. The highest BCUT2D eigenvalue weighted by atomic mass is 19.4. The van der Waals surface area contributed by atoms with Gasteiger partial charge < -0.3 is 14.6 Å². The van der Waals surface area contributed by atoms with Crippen molar-refractivity contribution in [2.24, 2.45) is 0 Å². The minimum absolute atomic E-state index is 0.0499. The van der Waals surface area contributed by atoms with Crippen molar-refractivity contribution >= 4 is 5.97 Å². The molecule has 0 unspecified atom stereocenters. The Morgan fingerprint density at radius 1 is 1.45 bits per heavy atom. The van der Waals surface area contributed by atoms with Gasteiger partial charge in [0.25, 0.3) is 0 Å². The fraction of sp³-hybridized carbons (Fsp3) is 0.333. The second-order valence-corrected chi connectivity index (χ2v) is 3.61. The van der Waals surface area contributed by atoms with E-state index in [0.717, 1.165) is 6.07 Å². The quantitative estimate of drug-likeness (QED) is 0.860. The lowest BCUT2D eigenvalue weighted by atomic mass is 10.0. The van der Waals surface area contributed by atoms with E-state index in [2.05, 4.69) is 9.47 Å². The van der Waals surface area contributed by atoms with Crippen molar-refractivity contribution in [2.75, 3.05) is 6.61 Å². The molecule has 108 valence electrons. The first-order valence-corrected chi connectivity index (χ1v) is 5.44. The fourth-order valence-corrected chi connectivity index (χ4v) is 1.49. The van der Waals surface area contributed by atoms with Crippen LogP contribution >= 0.6 is 0 Å². The molecule has 0 aliphatic heterocycles. The first-order valence-electron chi connectivity index (χ1n) is 5.44. The van der Waals surface area contributed by atoms with Gasteiger partial charge in [-0.2, -0.15) is 5.26 Å². The highest BCUT2D eigenvalue weighted by Gasteiger charge is 2.33. The molecule has 1 N–H and O–H groups in total. The summed E-state index contributed by atoms with van der Waals surface area (Å²) in [7, 11) is 0. The Hall–Kier alpha value is -2.43. The summed E-state index contributed by atoms with van der Waals surface area (Å²) in [5.41, 5.74) is -0.585. The summed E-state index contributed by atoms with van der Waals surface area (Å²) in [5.74, 6) is -2.18. The molecule has 5 nitrogen and oxygen atoms in total. The minimum Gasteiger partial charge on any atom is -0.508 e. The molecule has 1 aromatic rings. The number of carbonyl (C=O) groups is 1. The number of carbonyl (C=O) groups excluding carboxylic acids is 1. The molecule has 0 aromatic heterocycles. The lowest BCUT2D eigenvalue weighted by Gasteiger charge is -2.14. The number of phenolic OH excluding ortho intramolecular Hbond substituents is 1. The number of hydrogen-bond donors (Lipinski definition) is 1. The molecule has 0 aliphatic rings. The maximum Gasteiger partial charge on any atom is 0.573 e. The van der Waals surface area contributed by atoms with Crippen molar-refractivity contribution in [1.29, 1.82) is 5.26 Å². The Morgan fingerprint density at radius 2 is 2.10 bits per heavy atom. The van der Waals surface area contributed by atoms with E-state index in [1.165, 1.54) is 6.92 Å². The number of phenols is 1. The molecule has 0 spiro atoms. The largest absolute Gasteiger partial charge is 0.573 e. The summed E-state index contributed by atoms with van der Waals surface area (Å²) in [5, 5.41) is 18.1. The van der Waals surface area contributed by atoms with Crippen molar-refractivity contribution < 1.29 is 32.5 Å². The summed E-state index contributed by atoms with van der Waals surface area (Å²) in [6.45, 7) is 1.58. The maximum atomic E-state index is 12.3. The van der Waals surface area contributed by atoms with Gasteiger partial charge >= 0.3 is 12.3 Å². The molecule has 0 amide bonds. The number of hydrogen-bond acceptors (Lipinski definition) is 5. The second kappa shape index (κ2) is 6.14. The molecule has 0 bridgehead atoms. The Kier molecular flexibility index (Phi) is 4.80. The second-order valence-electron chi connectivity index (χ2n) is 3.61. The van der Waals surface area contributed by atoms with Crippen LogP contribution in [0.2, 0.25) is 0 Å². The van der Waals surface area contributed by atoms with Crippen LogP contribution in [-0.4, -0.2) is 24.0 Å². The minimum atomic E-state index is -5.01. The van der Waals surface area contributed by atoms with E-state index in [1.54, 1.807) is 6.07 Å². The molecule has 1 rings (SSSR count). The van der Waals surface area contributed by atoms with Crippen LogP contribution in [0.15, 0.2) is 12.1 Å². The lowest BCUT2D eigenvalue weighted by molar-refractivity contribution is -0.275. The normalized spacial score (nSPS) is 10.8. The van der Waals surface area contributed by atoms with E-state index in [0.29, 0.717) is 6.07 Å². The van der Waals surface area contributed by atoms with E-state index in [1.807, 2.05) is 0 Å². The predicted octanol–water partition coefficient (Wildman–Crippen LogP) is 2.27. The van der Waals surface area contributed by atoms with Crippen molar-refractivity contribution in [3.8, 4) is 17.6 Å². The van der Waals surface area contributed by atoms with Gasteiger partial charge in [0, 0.05) is 11.6 Å². The van der Waals surface area contributed by atoms with Crippen molar-refractivity contribution in [3.63, 3.8) is 0 Å². The summed E-state index contributed by atoms with van der Waals surface area (Å²) < 4.78 is 45.1. The first kappa shape index (κ1) is 15.6. The van der Waals surface area contributed by atoms with Gasteiger partial charge in [0.1, 0.15) is 11.5 Å². The molecular formula is C12H10F3NO4. The van der Waals surface area contributed by atoms with E-state index < -0.39 is 30.3 Å². The Labute approximate surface area is 112 Å². The summed E-state index contributed by atoms with van der Waals surface area (Å²) in [4.78, 5) is 11.4. The number of nitrogens with zero attached hydrogens (tertiary/aromatic N) is 1. The first-order chi connectivity index (χ1) is 9.26. The van der Waals surface area contributed by atoms with Gasteiger partial charge in [-0.05, 0) is 13.0 Å². The van der Waals surface area contributed by atoms with E-state index >= 15 is 0 Å². The molecule has 0 saturated carbocycles. The monoisotopic (exact) mass is 289 g/mol. The van der Waals surface area contributed by atoms with Gasteiger partial charge in [-0.15, -0.1) is 13.2 Å². The van der Waals surface area contributed by atoms with E-state index in [9.17, 15) is 23.1 Å². The van der Waals surface area contributed by atoms with Gasteiger partial charge in [0.05, 0.1) is 24.7 Å². The molecule has 0 saturated heterocycles. The molecule has 0 radical (unpaired) electrons. The predicted molar refractivity (Wildman–Crippen MR) is 59.8 cm³/mol. The van der Waals surface area contributed by atoms with Crippen LogP contribution in [0.25, 0.3) is 0 Å². The molecular weight excluding hydrogens is 279 g/mol. The lowest BCUT2D eigenvalue weighted by Crippen LogP contribution is -2.19. The van der Waals surface area contributed by atoms with Crippen molar-refractivity contribution in [3.05, 3.63) is 23.3 Å². The molecule has 0 heterocycles. The van der Waals surface area contributed by atoms with Crippen LogP contribution in [0.5, 0.6) is 11.5 Å². The molecule has 0 atom stereocenters. The van der Waals surface area contributed by atoms with Crippen LogP contribution in [0.1, 0.15) is 18.1 Å². The Bertz CT molecular complexity index is 549. The number of aromatic hydroxyl groups is 1. The van der Waals surface area contributed by atoms with E-state index in [4.69, 9.17) is 5.26 Å². The van der Waals surface area contributed by atoms with Gasteiger partial charge in [-0.25, -0.2) is 0 Å². The number of nitriles is 1. The number of esters is 1. The third-order valence-electron chi connectivity index (χ3n) is 2.17. The molecule has 0 aliphatic carbocycles. The summed E-state index contributed by atoms with van der Waals surface area (Å²) in [6, 6.07) is 3.22. The zero-order valence-corrected chi connectivity index (χ0v) is 10.3. The maximum absolute atomic E-state index is 12.3. The molecule has 1 aromatic carbocycles. The topological polar surface area (TPSA) is 79.6 Å². The average Bonchev–Trinajstić information content (AvgIpc) is 2.30. The van der Waals surface area contributed by atoms with E-state index in [-0.39, 0.29) is 17.7 Å². The van der Waals surface area contributed by atoms with Gasteiger partial charge in [0.2, 0.25) is 0 Å². The number of ether oxygens (including phenoxy) is 2. The number of halogens is 3. The number of benzene rings is 1. The van der Waals surface area contributed by atoms with Crippen LogP contribution in [0.4, 0.5) is 13.2 Å². The SMILES string of the molecule is CCOC(=O)Cc1c(C#N)cc(O)cc1OC(F)(F)F. The van der Waals surface area contributed by atoms with Gasteiger partial charge in [0.15, 0.2) is 0 Å². The van der Waals surface area contributed by atoms with Crippen LogP contribution in [0, 0.1) is 11.3 Å². The molecule has 0 fully saturated rings. The van der Waals surface area contributed by atoms with Crippen molar-refractivity contribution in [2.45, 2.75) is 19.7 Å².